The highest BCUT2D eigenvalue weighted by Crippen LogP contribution is 2.45. The molecule has 7 nitrogen and oxygen atoms in total. The Bertz CT molecular complexity index is 1010. The fourth-order valence-electron chi connectivity index (χ4n) is 4.12. The second-order valence-electron chi connectivity index (χ2n) is 6.85. The Morgan fingerprint density at radius 2 is 2.15 bits per heavy atom. The van der Waals surface area contributed by atoms with Crippen LogP contribution in [0.15, 0.2) is 41.8 Å². The van der Waals surface area contributed by atoms with Gasteiger partial charge in [-0.25, -0.2) is 0 Å². The molecule has 3 aromatic rings. The van der Waals surface area contributed by atoms with Crippen LogP contribution in [-0.4, -0.2) is 32.5 Å². The summed E-state index contributed by atoms with van der Waals surface area (Å²) in [7, 11) is 0. The van der Waals surface area contributed by atoms with E-state index in [1.165, 1.54) is 26.6 Å². The van der Waals surface area contributed by atoms with Gasteiger partial charge in [-0.15, -0.1) is 21.5 Å². The lowest BCUT2D eigenvalue weighted by Gasteiger charge is -2.31. The topological polar surface area (TPSA) is 61.6 Å². The van der Waals surface area contributed by atoms with Gasteiger partial charge in [0.2, 0.25) is 5.95 Å². The number of fused-ring (bicyclic) bond motifs is 8. The molecule has 26 heavy (non-hydrogen) atoms. The molecule has 0 fully saturated rings. The van der Waals surface area contributed by atoms with E-state index in [1.807, 2.05) is 17.7 Å². The van der Waals surface area contributed by atoms with Crippen molar-refractivity contribution in [2.24, 2.45) is 5.10 Å². The lowest BCUT2D eigenvalue weighted by molar-refractivity contribution is 0.248. The van der Waals surface area contributed by atoms with Crippen molar-refractivity contribution in [3.63, 3.8) is 0 Å². The molecular weight excluding hydrogens is 346 g/mol. The summed E-state index contributed by atoms with van der Waals surface area (Å²) in [6.07, 6.45) is 4.72. The number of benzene rings is 1. The number of hydrazone groups is 1. The van der Waals surface area contributed by atoms with Crippen LogP contribution in [-0.2, 0) is 19.5 Å². The fourth-order valence-corrected chi connectivity index (χ4v) is 5.51. The fraction of sp³-hybridized carbons (Fsp3) is 0.278. The van der Waals surface area contributed by atoms with Crippen LogP contribution in [0.1, 0.15) is 27.7 Å². The molecular formula is C18H17N7S. The molecule has 2 aromatic heterocycles. The number of nitrogens with one attached hydrogen (secondary N) is 1. The van der Waals surface area contributed by atoms with Crippen LogP contribution in [0.5, 0.6) is 0 Å². The molecule has 1 atom stereocenters. The first kappa shape index (κ1) is 14.5. The van der Waals surface area contributed by atoms with Crippen LogP contribution in [0.25, 0.3) is 5.00 Å². The van der Waals surface area contributed by atoms with Gasteiger partial charge in [0.15, 0.2) is 6.17 Å². The highest BCUT2D eigenvalue weighted by molar-refractivity contribution is 7.15. The van der Waals surface area contributed by atoms with Crippen molar-refractivity contribution >= 4 is 23.6 Å². The lowest BCUT2D eigenvalue weighted by atomic mass is 9.99. The van der Waals surface area contributed by atoms with Crippen molar-refractivity contribution in [2.45, 2.75) is 25.7 Å². The van der Waals surface area contributed by atoms with Crippen LogP contribution in [0.3, 0.4) is 0 Å². The second kappa shape index (κ2) is 5.39. The summed E-state index contributed by atoms with van der Waals surface area (Å²) in [5.41, 5.74) is 7.43. The molecule has 130 valence electrons. The molecule has 6 rings (SSSR count). The van der Waals surface area contributed by atoms with Crippen LogP contribution >= 0.6 is 11.3 Å². The van der Waals surface area contributed by atoms with Crippen LogP contribution < -0.4 is 10.3 Å². The minimum atomic E-state index is 0.0439. The van der Waals surface area contributed by atoms with Gasteiger partial charge in [0.05, 0.1) is 0 Å². The van der Waals surface area contributed by atoms with Gasteiger partial charge < -0.3 is 0 Å². The van der Waals surface area contributed by atoms with Crippen LogP contribution in [0, 0.1) is 0 Å². The van der Waals surface area contributed by atoms with E-state index in [-0.39, 0.29) is 6.17 Å². The summed E-state index contributed by atoms with van der Waals surface area (Å²) in [4.78, 5) is 6.05. The Hall–Kier alpha value is -2.71. The van der Waals surface area contributed by atoms with Crippen LogP contribution in [0.2, 0.25) is 0 Å². The minimum Gasteiger partial charge on any atom is -0.294 e. The average molecular weight is 363 g/mol. The summed E-state index contributed by atoms with van der Waals surface area (Å²) in [6.45, 7) is 3.07. The highest BCUT2D eigenvalue weighted by atomic mass is 32.1. The number of hydrogen-bond acceptors (Lipinski definition) is 7. The Morgan fingerprint density at radius 3 is 3.08 bits per heavy atom. The third-order valence-corrected chi connectivity index (χ3v) is 6.55. The van der Waals surface area contributed by atoms with E-state index in [4.69, 9.17) is 0 Å². The SMILES string of the molecule is C1=NNC2c3c(sc4c3CCN(Cc3ccccc3)C4)-n3cnnc3N12. The number of hydrogen-bond donors (Lipinski definition) is 1. The smallest absolute Gasteiger partial charge is 0.239 e. The first-order chi connectivity index (χ1) is 12.9. The predicted molar refractivity (Wildman–Crippen MR) is 100 cm³/mol. The normalized spacial score (nSPS) is 20.3. The van der Waals surface area contributed by atoms with E-state index in [0.29, 0.717) is 0 Å². The van der Waals surface area contributed by atoms with E-state index in [1.54, 1.807) is 6.33 Å². The maximum Gasteiger partial charge on any atom is 0.239 e. The molecule has 0 saturated carbocycles. The first-order valence-electron chi connectivity index (χ1n) is 8.76. The Labute approximate surface area is 154 Å². The number of thiophene rings is 1. The molecule has 0 amide bonds. The summed E-state index contributed by atoms with van der Waals surface area (Å²) in [5, 5.41) is 13.9. The third kappa shape index (κ3) is 1.99. The third-order valence-electron chi connectivity index (χ3n) is 5.32. The zero-order chi connectivity index (χ0) is 17.1. The van der Waals surface area contributed by atoms with E-state index in [0.717, 1.165) is 32.0 Å². The predicted octanol–water partition coefficient (Wildman–Crippen LogP) is 2.25. The highest BCUT2D eigenvalue weighted by Gasteiger charge is 2.39. The zero-order valence-electron chi connectivity index (χ0n) is 14.0. The van der Waals surface area contributed by atoms with Gasteiger partial charge in [0, 0.05) is 30.1 Å². The summed E-state index contributed by atoms with van der Waals surface area (Å²) in [6, 6.07) is 10.7. The lowest BCUT2D eigenvalue weighted by Crippen LogP contribution is -2.36. The quantitative estimate of drug-likeness (QED) is 0.757. The van der Waals surface area contributed by atoms with Crippen molar-refractivity contribution in [3.8, 4) is 5.00 Å². The number of nitrogens with zero attached hydrogens (tertiary/aromatic N) is 6. The van der Waals surface area contributed by atoms with E-state index >= 15 is 0 Å². The van der Waals surface area contributed by atoms with Gasteiger partial charge in [-0.1, -0.05) is 30.3 Å². The van der Waals surface area contributed by atoms with Gasteiger partial charge in [-0.05, 0) is 17.5 Å². The van der Waals surface area contributed by atoms with Crippen molar-refractivity contribution in [2.75, 3.05) is 11.4 Å². The van der Waals surface area contributed by atoms with Gasteiger partial charge in [-0.2, -0.15) is 5.10 Å². The molecule has 0 saturated heterocycles. The molecule has 0 aliphatic carbocycles. The van der Waals surface area contributed by atoms with Crippen molar-refractivity contribution < 1.29 is 0 Å². The molecule has 1 aromatic carbocycles. The summed E-state index contributed by atoms with van der Waals surface area (Å²) < 4.78 is 2.09. The Morgan fingerprint density at radius 1 is 1.23 bits per heavy atom. The molecule has 3 aliphatic heterocycles. The molecule has 1 unspecified atom stereocenters. The minimum absolute atomic E-state index is 0.0439. The molecule has 0 radical (unpaired) electrons. The maximum absolute atomic E-state index is 4.28. The largest absolute Gasteiger partial charge is 0.294 e. The van der Waals surface area contributed by atoms with Crippen molar-refractivity contribution in [1.29, 1.82) is 0 Å². The molecule has 0 spiro atoms. The molecule has 5 heterocycles. The molecule has 1 N–H and O–H groups in total. The standard InChI is InChI=1S/C18H17N7S/c1-2-4-12(5-3-1)8-23-7-6-13-14(9-23)26-17-15(13)16-21-19-10-24(16)18-22-20-11-25(17)18/h1-5,10-11,16,21H,6-9H2. The van der Waals surface area contributed by atoms with Crippen LogP contribution in [0.4, 0.5) is 5.95 Å². The summed E-state index contributed by atoms with van der Waals surface area (Å²) >= 11 is 1.87. The van der Waals surface area contributed by atoms with Gasteiger partial charge in [0.1, 0.15) is 17.7 Å². The van der Waals surface area contributed by atoms with E-state index in [2.05, 4.69) is 65.4 Å². The second-order valence-corrected chi connectivity index (χ2v) is 7.94. The zero-order valence-corrected chi connectivity index (χ0v) is 14.9. The average Bonchev–Trinajstić information content (AvgIpc) is 3.38. The Kier molecular flexibility index (Phi) is 3.00. The first-order valence-corrected chi connectivity index (χ1v) is 9.58. The number of anilines is 1. The molecule has 0 bridgehead atoms. The Balaban J connectivity index is 1.38. The van der Waals surface area contributed by atoms with Gasteiger partial charge in [-0.3, -0.25) is 19.8 Å². The number of rotatable bonds is 2. The van der Waals surface area contributed by atoms with E-state index < -0.39 is 0 Å². The van der Waals surface area contributed by atoms with E-state index in [9.17, 15) is 0 Å². The maximum atomic E-state index is 4.28. The molecule has 3 aliphatic rings. The van der Waals surface area contributed by atoms with Gasteiger partial charge in [0.25, 0.3) is 0 Å². The van der Waals surface area contributed by atoms with Crippen molar-refractivity contribution in [1.82, 2.24) is 25.1 Å². The monoisotopic (exact) mass is 363 g/mol. The van der Waals surface area contributed by atoms with Crippen molar-refractivity contribution in [3.05, 3.63) is 58.2 Å². The number of aromatic nitrogens is 3. The molecule has 8 heteroatoms. The van der Waals surface area contributed by atoms with Gasteiger partial charge >= 0.3 is 0 Å². The summed E-state index contributed by atoms with van der Waals surface area (Å²) in [5.74, 6) is 0.830.